The molecule has 1 aromatic heterocycles. The number of ether oxygens (including phenoxy) is 1. The molecule has 3 rings (SSSR count). The van der Waals surface area contributed by atoms with E-state index in [1.54, 1.807) is 29.6 Å². The summed E-state index contributed by atoms with van der Waals surface area (Å²) in [6, 6.07) is 14.2. The number of halogens is 1. The molecule has 0 aliphatic carbocycles. The van der Waals surface area contributed by atoms with Crippen molar-refractivity contribution in [3.63, 3.8) is 0 Å². The molecule has 0 aliphatic heterocycles. The quantitative estimate of drug-likeness (QED) is 0.533. The molecule has 0 saturated carbocycles. The predicted octanol–water partition coefficient (Wildman–Crippen LogP) is 5.07. The SMILES string of the molecule is COC(=O)c1scc(-c2ccc(C)cc2)c1S(=O)(=O)Nc1ccc(Br)cc1. The van der Waals surface area contributed by atoms with E-state index in [1.165, 1.54) is 7.11 Å². The second-order valence-corrected chi connectivity index (χ2v) is 9.19. The first-order valence-corrected chi connectivity index (χ1v) is 11.0. The molecule has 1 heterocycles. The summed E-state index contributed by atoms with van der Waals surface area (Å²) in [7, 11) is -2.78. The summed E-state index contributed by atoms with van der Waals surface area (Å²) in [5.74, 6) is -0.686. The van der Waals surface area contributed by atoms with E-state index in [9.17, 15) is 13.2 Å². The van der Waals surface area contributed by atoms with E-state index < -0.39 is 16.0 Å². The molecule has 0 bridgehead atoms. The van der Waals surface area contributed by atoms with Crippen LogP contribution in [-0.4, -0.2) is 21.5 Å². The van der Waals surface area contributed by atoms with Crippen LogP contribution in [0, 0.1) is 6.92 Å². The zero-order valence-corrected chi connectivity index (χ0v) is 17.7. The third-order valence-electron chi connectivity index (χ3n) is 3.84. The Bertz CT molecular complexity index is 1070. The topological polar surface area (TPSA) is 72.5 Å². The highest BCUT2D eigenvalue weighted by atomic mass is 79.9. The first-order chi connectivity index (χ1) is 12.8. The van der Waals surface area contributed by atoms with E-state index in [1.807, 2.05) is 31.2 Å². The van der Waals surface area contributed by atoms with Crippen LogP contribution in [0.4, 0.5) is 5.69 Å². The number of anilines is 1. The fourth-order valence-electron chi connectivity index (χ4n) is 2.50. The van der Waals surface area contributed by atoms with E-state index in [0.717, 1.165) is 21.4 Å². The fraction of sp³-hybridized carbons (Fsp3) is 0.105. The number of hydrogen-bond donors (Lipinski definition) is 1. The lowest BCUT2D eigenvalue weighted by atomic mass is 10.1. The molecule has 0 atom stereocenters. The van der Waals surface area contributed by atoms with Gasteiger partial charge in [-0.3, -0.25) is 4.72 Å². The van der Waals surface area contributed by atoms with Crippen LogP contribution >= 0.6 is 27.3 Å². The summed E-state index contributed by atoms with van der Waals surface area (Å²) >= 11 is 4.36. The van der Waals surface area contributed by atoms with E-state index in [0.29, 0.717) is 16.8 Å². The average molecular weight is 466 g/mol. The van der Waals surface area contributed by atoms with Gasteiger partial charge in [0.25, 0.3) is 10.0 Å². The Labute approximate surface area is 170 Å². The number of nitrogens with one attached hydrogen (secondary N) is 1. The number of carbonyl (C=O) groups is 1. The first kappa shape index (κ1) is 19.6. The summed E-state index contributed by atoms with van der Waals surface area (Å²) in [6.07, 6.45) is 0. The minimum atomic E-state index is -4.01. The van der Waals surface area contributed by atoms with Crippen LogP contribution in [0.15, 0.2) is 63.3 Å². The van der Waals surface area contributed by atoms with Crippen molar-refractivity contribution in [2.24, 2.45) is 0 Å². The largest absolute Gasteiger partial charge is 0.465 e. The Morgan fingerprint density at radius 3 is 2.30 bits per heavy atom. The maximum absolute atomic E-state index is 13.1. The molecule has 27 heavy (non-hydrogen) atoms. The number of carbonyl (C=O) groups excluding carboxylic acids is 1. The van der Waals surface area contributed by atoms with Crippen molar-refractivity contribution < 1.29 is 17.9 Å². The Hall–Kier alpha value is -2.16. The van der Waals surface area contributed by atoms with Gasteiger partial charge in [0.15, 0.2) is 0 Å². The summed E-state index contributed by atoms with van der Waals surface area (Å²) in [4.78, 5) is 12.1. The molecular formula is C19H16BrNO4S2. The van der Waals surface area contributed by atoms with Crippen LogP contribution in [-0.2, 0) is 14.8 Å². The van der Waals surface area contributed by atoms with Crippen molar-refractivity contribution in [2.45, 2.75) is 11.8 Å². The van der Waals surface area contributed by atoms with Gasteiger partial charge in [-0.1, -0.05) is 45.8 Å². The number of thiophene rings is 1. The van der Waals surface area contributed by atoms with Gasteiger partial charge in [0.1, 0.15) is 9.77 Å². The minimum Gasteiger partial charge on any atom is -0.465 e. The van der Waals surface area contributed by atoms with E-state index in [2.05, 4.69) is 20.7 Å². The van der Waals surface area contributed by atoms with Gasteiger partial charge in [0, 0.05) is 21.1 Å². The van der Waals surface area contributed by atoms with Gasteiger partial charge in [-0.2, -0.15) is 0 Å². The maximum atomic E-state index is 13.1. The number of methoxy groups -OCH3 is 1. The van der Waals surface area contributed by atoms with Crippen molar-refractivity contribution in [3.8, 4) is 11.1 Å². The van der Waals surface area contributed by atoms with E-state index in [-0.39, 0.29) is 9.77 Å². The lowest BCUT2D eigenvalue weighted by molar-refractivity contribution is 0.0602. The zero-order chi connectivity index (χ0) is 19.6. The predicted molar refractivity (Wildman–Crippen MR) is 111 cm³/mol. The fourth-order valence-corrected chi connectivity index (χ4v) is 5.54. The van der Waals surface area contributed by atoms with Crippen LogP contribution in [0.3, 0.4) is 0 Å². The average Bonchev–Trinajstić information content (AvgIpc) is 3.09. The van der Waals surface area contributed by atoms with E-state index >= 15 is 0 Å². The highest BCUT2D eigenvalue weighted by molar-refractivity contribution is 9.10. The molecule has 1 N–H and O–H groups in total. The molecule has 3 aromatic rings. The van der Waals surface area contributed by atoms with Gasteiger partial charge in [0.05, 0.1) is 7.11 Å². The third kappa shape index (κ3) is 4.23. The van der Waals surface area contributed by atoms with Crippen molar-refractivity contribution >= 4 is 48.9 Å². The number of rotatable bonds is 5. The molecule has 0 radical (unpaired) electrons. The van der Waals surface area contributed by atoms with Gasteiger partial charge in [-0.15, -0.1) is 11.3 Å². The number of hydrogen-bond acceptors (Lipinski definition) is 5. The molecule has 5 nitrogen and oxygen atoms in total. The Balaban J connectivity index is 2.13. The molecule has 0 saturated heterocycles. The van der Waals surface area contributed by atoms with Crippen LogP contribution in [0.1, 0.15) is 15.2 Å². The monoisotopic (exact) mass is 465 g/mol. The molecule has 140 valence electrons. The van der Waals surface area contributed by atoms with Gasteiger partial charge in [0.2, 0.25) is 0 Å². The van der Waals surface area contributed by atoms with Crippen LogP contribution < -0.4 is 4.72 Å². The van der Waals surface area contributed by atoms with Crippen molar-refractivity contribution in [3.05, 3.63) is 68.8 Å². The maximum Gasteiger partial charge on any atom is 0.349 e. The summed E-state index contributed by atoms with van der Waals surface area (Å²) in [5.41, 5.74) is 2.63. The van der Waals surface area contributed by atoms with Crippen molar-refractivity contribution in [1.29, 1.82) is 0 Å². The van der Waals surface area contributed by atoms with Gasteiger partial charge < -0.3 is 4.74 Å². The second-order valence-electron chi connectivity index (χ2n) is 5.78. The molecule has 0 fully saturated rings. The zero-order valence-electron chi connectivity index (χ0n) is 14.5. The van der Waals surface area contributed by atoms with Gasteiger partial charge in [-0.05, 0) is 36.8 Å². The van der Waals surface area contributed by atoms with Crippen molar-refractivity contribution in [1.82, 2.24) is 0 Å². The molecule has 0 aliphatic rings. The molecule has 0 spiro atoms. The lowest BCUT2D eigenvalue weighted by Crippen LogP contribution is -2.16. The standard InChI is InChI=1S/C19H16BrNO4S2/c1-12-3-5-13(6-4-12)16-11-26-17(19(22)25-2)18(16)27(23,24)21-15-9-7-14(20)8-10-15/h3-11,21H,1-2H3. The summed E-state index contributed by atoms with van der Waals surface area (Å²) in [6.45, 7) is 1.95. The molecule has 0 amide bonds. The highest BCUT2D eigenvalue weighted by Crippen LogP contribution is 2.37. The van der Waals surface area contributed by atoms with Gasteiger partial charge in [-0.25, -0.2) is 13.2 Å². The van der Waals surface area contributed by atoms with Crippen LogP contribution in [0.25, 0.3) is 11.1 Å². The van der Waals surface area contributed by atoms with Crippen LogP contribution in [0.5, 0.6) is 0 Å². The number of aryl methyl sites for hydroxylation is 1. The summed E-state index contributed by atoms with van der Waals surface area (Å²) < 4.78 is 34.4. The molecule has 0 unspecified atom stereocenters. The molecular weight excluding hydrogens is 450 g/mol. The van der Waals surface area contributed by atoms with Crippen LogP contribution in [0.2, 0.25) is 0 Å². The minimum absolute atomic E-state index is 0.0395. The second kappa shape index (κ2) is 7.84. The lowest BCUT2D eigenvalue weighted by Gasteiger charge is -2.11. The third-order valence-corrected chi connectivity index (χ3v) is 6.93. The smallest absolute Gasteiger partial charge is 0.349 e. The number of esters is 1. The number of sulfonamides is 1. The highest BCUT2D eigenvalue weighted by Gasteiger charge is 2.30. The molecule has 8 heteroatoms. The number of benzene rings is 2. The Kier molecular flexibility index (Phi) is 5.69. The molecule has 2 aromatic carbocycles. The first-order valence-electron chi connectivity index (χ1n) is 7.87. The normalized spacial score (nSPS) is 11.2. The van der Waals surface area contributed by atoms with Gasteiger partial charge >= 0.3 is 5.97 Å². The Morgan fingerprint density at radius 1 is 1.07 bits per heavy atom. The summed E-state index contributed by atoms with van der Waals surface area (Å²) in [5, 5.41) is 1.66. The Morgan fingerprint density at radius 2 is 1.70 bits per heavy atom. The van der Waals surface area contributed by atoms with Crippen molar-refractivity contribution in [2.75, 3.05) is 11.8 Å². The van der Waals surface area contributed by atoms with E-state index in [4.69, 9.17) is 4.74 Å².